The second kappa shape index (κ2) is 6.32. The summed E-state index contributed by atoms with van der Waals surface area (Å²) >= 11 is 0. The zero-order valence-electron chi connectivity index (χ0n) is 11.5. The number of nitriles is 1. The summed E-state index contributed by atoms with van der Waals surface area (Å²) in [5, 5.41) is 19.8. The van der Waals surface area contributed by atoms with Gasteiger partial charge in [-0.1, -0.05) is 12.1 Å². The van der Waals surface area contributed by atoms with E-state index in [2.05, 4.69) is 0 Å². The van der Waals surface area contributed by atoms with Gasteiger partial charge in [0.05, 0.1) is 22.1 Å². The average molecular weight is 318 g/mol. The second-order valence-corrected chi connectivity index (χ2v) is 4.59. The number of nitro groups is 1. The van der Waals surface area contributed by atoms with Crippen LogP contribution in [0.5, 0.6) is 0 Å². The van der Waals surface area contributed by atoms with Crippen LogP contribution in [0.2, 0.25) is 0 Å². The van der Waals surface area contributed by atoms with E-state index in [0.29, 0.717) is 11.1 Å². The average Bonchev–Trinajstić information content (AvgIpc) is 2.52. The number of rotatable bonds is 3. The van der Waals surface area contributed by atoms with Crippen LogP contribution in [-0.4, -0.2) is 4.92 Å². The van der Waals surface area contributed by atoms with Crippen molar-refractivity contribution >= 4 is 17.3 Å². The van der Waals surface area contributed by atoms with Crippen molar-refractivity contribution in [3.8, 4) is 6.07 Å². The number of nitrogens with zero attached hydrogens (tertiary/aromatic N) is 2. The fourth-order valence-corrected chi connectivity index (χ4v) is 1.88. The minimum Gasteiger partial charge on any atom is -0.258 e. The monoisotopic (exact) mass is 318 g/mol. The van der Waals surface area contributed by atoms with Gasteiger partial charge in [0.15, 0.2) is 0 Å². The maximum atomic E-state index is 12.5. The lowest BCUT2D eigenvalue weighted by Gasteiger charge is -2.06. The van der Waals surface area contributed by atoms with Crippen molar-refractivity contribution in [1.29, 1.82) is 5.26 Å². The van der Waals surface area contributed by atoms with E-state index in [-0.39, 0.29) is 11.3 Å². The van der Waals surface area contributed by atoms with Gasteiger partial charge < -0.3 is 0 Å². The van der Waals surface area contributed by atoms with E-state index in [9.17, 15) is 28.5 Å². The van der Waals surface area contributed by atoms with Gasteiger partial charge in [0, 0.05) is 12.1 Å². The molecule has 0 aliphatic heterocycles. The van der Waals surface area contributed by atoms with E-state index in [1.165, 1.54) is 42.5 Å². The van der Waals surface area contributed by atoms with E-state index < -0.39 is 16.7 Å². The van der Waals surface area contributed by atoms with Crippen LogP contribution in [-0.2, 0) is 6.18 Å². The molecule has 4 nitrogen and oxygen atoms in total. The first-order valence-electron chi connectivity index (χ1n) is 6.35. The zero-order valence-corrected chi connectivity index (χ0v) is 11.5. The molecule has 0 aromatic heterocycles. The van der Waals surface area contributed by atoms with Crippen molar-refractivity contribution in [1.82, 2.24) is 0 Å². The Hall–Kier alpha value is -3.14. The maximum Gasteiger partial charge on any atom is 0.416 e. The normalized spacial score (nSPS) is 11.8. The SMILES string of the molecule is N#C/C(=C\c1ccc(C(F)(F)F)cc1)c1ccc([N+](=O)[O-])cc1. The summed E-state index contributed by atoms with van der Waals surface area (Å²) in [6.45, 7) is 0. The summed E-state index contributed by atoms with van der Waals surface area (Å²) in [4.78, 5) is 10.0. The quantitative estimate of drug-likeness (QED) is 0.357. The molecule has 0 bridgehead atoms. The molecule has 2 aromatic rings. The molecule has 0 saturated carbocycles. The van der Waals surface area contributed by atoms with Crippen molar-refractivity contribution < 1.29 is 18.1 Å². The van der Waals surface area contributed by atoms with E-state index in [1.54, 1.807) is 0 Å². The number of allylic oxidation sites excluding steroid dienone is 1. The first-order chi connectivity index (χ1) is 10.8. The molecule has 0 heterocycles. The number of alkyl halides is 3. The molecule has 0 aliphatic carbocycles. The van der Waals surface area contributed by atoms with Crippen LogP contribution in [0.1, 0.15) is 16.7 Å². The minimum atomic E-state index is -4.42. The van der Waals surface area contributed by atoms with Gasteiger partial charge in [0.25, 0.3) is 5.69 Å². The van der Waals surface area contributed by atoms with E-state index >= 15 is 0 Å². The first kappa shape index (κ1) is 16.2. The van der Waals surface area contributed by atoms with Gasteiger partial charge >= 0.3 is 6.18 Å². The highest BCUT2D eigenvalue weighted by molar-refractivity contribution is 5.89. The molecule has 7 heteroatoms. The van der Waals surface area contributed by atoms with E-state index in [4.69, 9.17) is 0 Å². The Morgan fingerprint density at radius 1 is 1.09 bits per heavy atom. The molecule has 0 N–H and O–H groups in total. The third-order valence-electron chi connectivity index (χ3n) is 3.06. The largest absolute Gasteiger partial charge is 0.416 e. The number of hydrogen-bond acceptors (Lipinski definition) is 3. The van der Waals surface area contributed by atoms with E-state index in [1.807, 2.05) is 6.07 Å². The molecule has 0 amide bonds. The Morgan fingerprint density at radius 3 is 2.09 bits per heavy atom. The summed E-state index contributed by atoms with van der Waals surface area (Å²) in [5.74, 6) is 0. The van der Waals surface area contributed by atoms with Crippen molar-refractivity contribution in [2.24, 2.45) is 0 Å². The molecule has 0 radical (unpaired) electrons. The van der Waals surface area contributed by atoms with E-state index in [0.717, 1.165) is 12.1 Å². The Kier molecular flexibility index (Phi) is 4.46. The number of hydrogen-bond donors (Lipinski definition) is 0. The Morgan fingerprint density at radius 2 is 1.65 bits per heavy atom. The van der Waals surface area contributed by atoms with Gasteiger partial charge in [-0.05, 0) is 41.5 Å². The predicted octanol–water partition coefficient (Wildman–Crippen LogP) is 4.68. The molecule has 0 fully saturated rings. The number of nitro benzene ring substituents is 1. The highest BCUT2D eigenvalue weighted by Gasteiger charge is 2.29. The van der Waals surface area contributed by atoms with Gasteiger partial charge in [0.1, 0.15) is 0 Å². The third kappa shape index (κ3) is 3.95. The lowest BCUT2D eigenvalue weighted by molar-refractivity contribution is -0.384. The standard InChI is InChI=1S/C16H9F3N2O2/c17-16(18,19)14-5-1-11(2-6-14)9-13(10-20)12-3-7-15(8-4-12)21(22)23/h1-9H/b13-9+. The molecule has 0 unspecified atom stereocenters. The molecule has 0 spiro atoms. The van der Waals surface area contributed by atoms with Crippen LogP contribution in [0.15, 0.2) is 48.5 Å². The summed E-state index contributed by atoms with van der Waals surface area (Å²) in [6.07, 6.45) is -3.00. The molecular weight excluding hydrogens is 309 g/mol. The van der Waals surface area contributed by atoms with Crippen LogP contribution < -0.4 is 0 Å². The third-order valence-corrected chi connectivity index (χ3v) is 3.06. The molecule has 2 rings (SSSR count). The van der Waals surface area contributed by atoms with Crippen molar-refractivity contribution in [3.05, 3.63) is 75.3 Å². The molecular formula is C16H9F3N2O2. The minimum absolute atomic E-state index is 0.111. The summed E-state index contributed by atoms with van der Waals surface area (Å²) < 4.78 is 37.5. The lowest BCUT2D eigenvalue weighted by atomic mass is 10.0. The summed E-state index contributed by atoms with van der Waals surface area (Å²) in [6, 6.07) is 11.6. The van der Waals surface area contributed by atoms with Crippen LogP contribution in [0.25, 0.3) is 11.6 Å². The van der Waals surface area contributed by atoms with Gasteiger partial charge in [-0.15, -0.1) is 0 Å². The van der Waals surface area contributed by atoms with Gasteiger partial charge in [-0.2, -0.15) is 18.4 Å². The van der Waals surface area contributed by atoms with Crippen molar-refractivity contribution in [2.75, 3.05) is 0 Å². The van der Waals surface area contributed by atoms with Crippen LogP contribution in [0.3, 0.4) is 0 Å². The molecule has 2 aromatic carbocycles. The van der Waals surface area contributed by atoms with Crippen LogP contribution in [0.4, 0.5) is 18.9 Å². The molecule has 23 heavy (non-hydrogen) atoms. The molecule has 0 aliphatic rings. The Labute approximate surface area is 129 Å². The highest BCUT2D eigenvalue weighted by Crippen LogP contribution is 2.29. The topological polar surface area (TPSA) is 66.9 Å². The lowest BCUT2D eigenvalue weighted by Crippen LogP contribution is -2.03. The van der Waals surface area contributed by atoms with Gasteiger partial charge in [-0.25, -0.2) is 0 Å². The first-order valence-corrected chi connectivity index (χ1v) is 6.35. The summed E-state index contributed by atoms with van der Waals surface area (Å²) in [7, 11) is 0. The number of halogens is 3. The van der Waals surface area contributed by atoms with Crippen LogP contribution in [0, 0.1) is 21.4 Å². The fourth-order valence-electron chi connectivity index (χ4n) is 1.88. The van der Waals surface area contributed by atoms with Gasteiger partial charge in [-0.3, -0.25) is 10.1 Å². The Bertz CT molecular complexity index is 786. The molecule has 0 atom stereocenters. The zero-order chi connectivity index (χ0) is 17.0. The van der Waals surface area contributed by atoms with Crippen LogP contribution >= 0.6 is 0 Å². The maximum absolute atomic E-state index is 12.5. The summed E-state index contributed by atoms with van der Waals surface area (Å²) in [5.41, 5.74) is 0.176. The van der Waals surface area contributed by atoms with Crippen molar-refractivity contribution in [2.45, 2.75) is 6.18 Å². The predicted molar refractivity (Wildman–Crippen MR) is 78.0 cm³/mol. The number of benzene rings is 2. The fraction of sp³-hybridized carbons (Fsp3) is 0.0625. The Balaban J connectivity index is 2.32. The smallest absolute Gasteiger partial charge is 0.258 e. The highest BCUT2D eigenvalue weighted by atomic mass is 19.4. The van der Waals surface area contributed by atoms with Gasteiger partial charge in [0.2, 0.25) is 0 Å². The van der Waals surface area contributed by atoms with Crippen molar-refractivity contribution in [3.63, 3.8) is 0 Å². The number of non-ortho nitro benzene ring substituents is 1. The second-order valence-electron chi connectivity index (χ2n) is 4.59. The molecule has 0 saturated heterocycles. The molecule has 116 valence electrons.